The normalized spacial score (nSPS) is 32.2. The molecule has 0 bridgehead atoms. The zero-order valence-electron chi connectivity index (χ0n) is 17.8. The van der Waals surface area contributed by atoms with Gasteiger partial charge in [-0.3, -0.25) is 9.79 Å². The Morgan fingerprint density at radius 1 is 1.17 bits per heavy atom. The molecule has 1 aromatic heterocycles. The fourth-order valence-electron chi connectivity index (χ4n) is 5.59. The molecule has 4 rings (SSSR count). The minimum atomic E-state index is -0.302. The van der Waals surface area contributed by atoms with E-state index in [1.165, 1.54) is 18.6 Å². The lowest BCUT2D eigenvalue weighted by Gasteiger charge is -2.38. The van der Waals surface area contributed by atoms with Gasteiger partial charge in [0.15, 0.2) is 0 Å². The quantitative estimate of drug-likeness (QED) is 0.772. The smallest absolute Gasteiger partial charge is 0.270 e. The molecule has 1 aliphatic heterocycles. The van der Waals surface area contributed by atoms with Crippen molar-refractivity contribution in [1.82, 2.24) is 10.3 Å². The number of aromatic nitrogens is 1. The lowest BCUT2D eigenvalue weighted by molar-refractivity contribution is 0.0922. The second kappa shape index (κ2) is 9.38. The Labute approximate surface area is 178 Å². The van der Waals surface area contributed by atoms with Crippen LogP contribution in [0.4, 0.5) is 4.39 Å². The van der Waals surface area contributed by atoms with Crippen LogP contribution in [0.2, 0.25) is 0 Å². The first kappa shape index (κ1) is 21.2. The Kier molecular flexibility index (Phi) is 6.61. The molecule has 0 saturated heterocycles. The van der Waals surface area contributed by atoms with Gasteiger partial charge in [0.25, 0.3) is 5.91 Å². The van der Waals surface area contributed by atoms with Crippen molar-refractivity contribution in [1.29, 1.82) is 0 Å². The number of rotatable bonds is 4. The van der Waals surface area contributed by atoms with E-state index in [1.807, 2.05) is 6.20 Å². The van der Waals surface area contributed by atoms with Gasteiger partial charge >= 0.3 is 0 Å². The van der Waals surface area contributed by atoms with E-state index in [-0.39, 0.29) is 41.3 Å². The van der Waals surface area contributed by atoms with Gasteiger partial charge in [0.05, 0.1) is 11.7 Å². The van der Waals surface area contributed by atoms with Crippen LogP contribution in [0.25, 0.3) is 0 Å². The molecule has 30 heavy (non-hydrogen) atoms. The largest absolute Gasteiger partial charge is 0.342 e. The Bertz CT molecular complexity index is 807. The highest BCUT2D eigenvalue weighted by Crippen LogP contribution is 2.36. The summed E-state index contributed by atoms with van der Waals surface area (Å²) >= 11 is 0. The van der Waals surface area contributed by atoms with Crippen LogP contribution in [-0.2, 0) is 0 Å². The van der Waals surface area contributed by atoms with Gasteiger partial charge in [-0.05, 0) is 56.1 Å². The first-order valence-electron chi connectivity index (χ1n) is 11.4. The summed E-state index contributed by atoms with van der Waals surface area (Å²) in [7, 11) is 0. The molecule has 2 saturated carbocycles. The number of aliphatic imine (C=N–C) groups is 1. The van der Waals surface area contributed by atoms with E-state index in [1.54, 1.807) is 6.21 Å². The molecule has 6 heteroatoms. The molecule has 2 heterocycles. The molecule has 1 amide bonds. The number of nitrogens with zero attached hydrogens (tertiary/aromatic N) is 2. The molecule has 1 aromatic rings. The van der Waals surface area contributed by atoms with Gasteiger partial charge in [0, 0.05) is 30.3 Å². The summed E-state index contributed by atoms with van der Waals surface area (Å²) < 4.78 is 14.4. The summed E-state index contributed by atoms with van der Waals surface area (Å²) in [4.78, 5) is 21.7. The molecule has 3 aliphatic rings. The average Bonchev–Trinajstić information content (AvgIpc) is 2.74. The molecule has 0 spiro atoms. The number of hydrogen-bond acceptors (Lipinski definition) is 4. The third-order valence-corrected chi connectivity index (χ3v) is 7.01. The number of halogens is 1. The summed E-state index contributed by atoms with van der Waals surface area (Å²) in [5.74, 6) is 0.706. The number of nitrogens with two attached hydrogens (primary N) is 1. The molecule has 3 N–H and O–H groups in total. The summed E-state index contributed by atoms with van der Waals surface area (Å²) in [6.45, 7) is 2.25. The maximum absolute atomic E-state index is 14.4. The molecule has 2 aliphatic carbocycles. The van der Waals surface area contributed by atoms with Crippen molar-refractivity contribution in [2.45, 2.75) is 76.3 Å². The van der Waals surface area contributed by atoms with Gasteiger partial charge in [0.1, 0.15) is 11.5 Å². The van der Waals surface area contributed by atoms with Crippen LogP contribution in [-0.4, -0.2) is 29.2 Å². The van der Waals surface area contributed by atoms with Gasteiger partial charge in [-0.25, -0.2) is 9.37 Å². The predicted molar refractivity (Wildman–Crippen MR) is 117 cm³/mol. The standard InChI is InChI=1S/C24H33FN4O/c1-15-11-17(13-18(26)12-15)19-9-10-27-14-22(19)29-24(30)21-8-7-20(25)23(28-21)16-5-3-2-4-6-16/h7-10,14-19,22H,2-6,11-13,26H2,1H3,(H,29,30)/t15-,17+,18-,19?,22?/m0/s1. The maximum Gasteiger partial charge on any atom is 0.270 e. The molecule has 5 nitrogen and oxygen atoms in total. The zero-order chi connectivity index (χ0) is 21.1. The number of amides is 1. The van der Waals surface area contributed by atoms with E-state index < -0.39 is 0 Å². The number of nitrogens with one attached hydrogen (secondary N) is 1. The van der Waals surface area contributed by atoms with Crippen molar-refractivity contribution in [3.8, 4) is 0 Å². The summed E-state index contributed by atoms with van der Waals surface area (Å²) in [5.41, 5.74) is 7.00. The topological polar surface area (TPSA) is 80.4 Å². The fraction of sp³-hybridized carbons (Fsp3) is 0.625. The maximum atomic E-state index is 14.4. The minimum absolute atomic E-state index is 0.114. The highest BCUT2D eigenvalue weighted by Gasteiger charge is 2.34. The van der Waals surface area contributed by atoms with Crippen molar-refractivity contribution in [3.63, 3.8) is 0 Å². The molecule has 0 radical (unpaired) electrons. The van der Waals surface area contributed by atoms with E-state index in [9.17, 15) is 9.18 Å². The summed E-state index contributed by atoms with van der Waals surface area (Å²) in [5, 5.41) is 3.10. The minimum Gasteiger partial charge on any atom is -0.342 e. The van der Waals surface area contributed by atoms with Crippen molar-refractivity contribution in [2.24, 2.45) is 28.5 Å². The molecule has 2 unspecified atom stereocenters. The van der Waals surface area contributed by atoms with E-state index >= 15 is 0 Å². The number of carbonyl (C=O) groups excluding carboxylic acids is 1. The zero-order valence-corrected chi connectivity index (χ0v) is 17.8. The summed E-state index contributed by atoms with van der Waals surface area (Å²) in [6.07, 6.45) is 14.1. The Morgan fingerprint density at radius 2 is 1.97 bits per heavy atom. The van der Waals surface area contributed by atoms with Crippen LogP contribution in [0.15, 0.2) is 29.4 Å². The van der Waals surface area contributed by atoms with Gasteiger partial charge in [-0.15, -0.1) is 0 Å². The molecule has 5 atom stereocenters. The van der Waals surface area contributed by atoms with Crippen LogP contribution in [0, 0.1) is 23.6 Å². The second-order valence-electron chi connectivity index (χ2n) is 9.45. The van der Waals surface area contributed by atoms with Crippen LogP contribution >= 0.6 is 0 Å². The lowest BCUT2D eigenvalue weighted by Crippen LogP contribution is -2.47. The van der Waals surface area contributed by atoms with Crippen LogP contribution in [0.5, 0.6) is 0 Å². The highest BCUT2D eigenvalue weighted by atomic mass is 19.1. The SMILES string of the molecule is C[C@@H]1C[C@H](N)C[C@H](C2C=CN=CC2NC(=O)c2ccc(F)c(C3CCCCC3)n2)C1. The number of hydrogen-bond donors (Lipinski definition) is 2. The van der Waals surface area contributed by atoms with Gasteiger partial charge in [-0.2, -0.15) is 0 Å². The van der Waals surface area contributed by atoms with Crippen LogP contribution in [0.3, 0.4) is 0 Å². The van der Waals surface area contributed by atoms with Crippen molar-refractivity contribution >= 4 is 12.1 Å². The monoisotopic (exact) mass is 412 g/mol. The number of pyridine rings is 1. The Balaban J connectivity index is 1.48. The van der Waals surface area contributed by atoms with E-state index in [2.05, 4.69) is 28.3 Å². The van der Waals surface area contributed by atoms with E-state index in [0.29, 0.717) is 17.5 Å². The Hall–Kier alpha value is -2.08. The molecular formula is C24H33FN4O. The van der Waals surface area contributed by atoms with Gasteiger partial charge in [0.2, 0.25) is 0 Å². The number of carbonyl (C=O) groups is 1. The average molecular weight is 413 g/mol. The van der Waals surface area contributed by atoms with Gasteiger partial charge < -0.3 is 11.1 Å². The molecule has 2 fully saturated rings. The third-order valence-electron chi connectivity index (χ3n) is 7.01. The van der Waals surface area contributed by atoms with Crippen molar-refractivity contribution in [2.75, 3.05) is 0 Å². The first-order valence-corrected chi connectivity index (χ1v) is 11.4. The van der Waals surface area contributed by atoms with Gasteiger partial charge in [-0.1, -0.05) is 32.3 Å². The fourth-order valence-corrected chi connectivity index (χ4v) is 5.59. The highest BCUT2D eigenvalue weighted by molar-refractivity contribution is 5.94. The molecular weight excluding hydrogens is 379 g/mol. The Morgan fingerprint density at radius 3 is 2.73 bits per heavy atom. The van der Waals surface area contributed by atoms with Crippen LogP contribution in [0.1, 0.15) is 80.4 Å². The third kappa shape index (κ3) is 4.80. The first-order chi connectivity index (χ1) is 14.5. The molecule has 162 valence electrons. The predicted octanol–water partition coefficient (Wildman–Crippen LogP) is 4.34. The molecule has 0 aromatic carbocycles. The van der Waals surface area contributed by atoms with Crippen molar-refractivity contribution in [3.05, 3.63) is 41.6 Å². The van der Waals surface area contributed by atoms with E-state index in [0.717, 1.165) is 44.9 Å². The van der Waals surface area contributed by atoms with Crippen molar-refractivity contribution < 1.29 is 9.18 Å². The van der Waals surface area contributed by atoms with Crippen LogP contribution < -0.4 is 11.1 Å². The van der Waals surface area contributed by atoms with E-state index in [4.69, 9.17) is 5.73 Å². The lowest BCUT2D eigenvalue weighted by atomic mass is 9.71. The summed E-state index contributed by atoms with van der Waals surface area (Å²) in [6, 6.07) is 2.88. The second-order valence-corrected chi connectivity index (χ2v) is 9.45.